The molecule has 2 heterocycles. The number of hydrogen-bond acceptors (Lipinski definition) is 7. The van der Waals surface area contributed by atoms with E-state index >= 15 is 0 Å². The van der Waals surface area contributed by atoms with Crippen LogP contribution in [0, 0.1) is 0 Å². The second-order valence-electron chi connectivity index (χ2n) is 9.28. The smallest absolute Gasteiger partial charge is 0.326 e. The summed E-state index contributed by atoms with van der Waals surface area (Å²) in [6.45, 7) is 1.33. The first-order valence-electron chi connectivity index (χ1n) is 12.5. The first kappa shape index (κ1) is 29.6. The normalized spacial score (nSPS) is 20.7. The van der Waals surface area contributed by atoms with Gasteiger partial charge in [-0.25, -0.2) is 4.79 Å². The molecule has 3 amide bonds. The summed E-state index contributed by atoms with van der Waals surface area (Å²) in [5.41, 5.74) is 27.2. The summed E-state index contributed by atoms with van der Waals surface area (Å²) in [7, 11) is 0. The highest BCUT2D eigenvalue weighted by Crippen LogP contribution is 2.26. The zero-order valence-corrected chi connectivity index (χ0v) is 21.1. The Kier molecular flexibility index (Phi) is 11.4. The van der Waals surface area contributed by atoms with E-state index in [1.807, 2.05) is 0 Å². The number of guanidine groups is 2. The highest BCUT2D eigenvalue weighted by Gasteiger charge is 2.43. The van der Waals surface area contributed by atoms with Gasteiger partial charge >= 0.3 is 5.97 Å². The molecule has 15 nitrogen and oxygen atoms in total. The van der Waals surface area contributed by atoms with E-state index in [0.29, 0.717) is 64.6 Å². The van der Waals surface area contributed by atoms with Crippen molar-refractivity contribution in [2.45, 2.75) is 75.5 Å². The lowest BCUT2D eigenvalue weighted by Gasteiger charge is -2.32. The molecule has 0 radical (unpaired) electrons. The molecule has 0 aromatic rings. The third-order valence-corrected chi connectivity index (χ3v) is 6.50. The molecule has 0 spiro atoms. The van der Waals surface area contributed by atoms with Crippen molar-refractivity contribution in [1.29, 1.82) is 0 Å². The van der Waals surface area contributed by atoms with Crippen LogP contribution in [0.4, 0.5) is 0 Å². The van der Waals surface area contributed by atoms with E-state index in [1.54, 1.807) is 0 Å². The zero-order valence-electron chi connectivity index (χ0n) is 21.1. The molecule has 4 atom stereocenters. The summed E-state index contributed by atoms with van der Waals surface area (Å²) in [5, 5.41) is 12.1. The summed E-state index contributed by atoms with van der Waals surface area (Å²) < 4.78 is 0. The molecular weight excluding hydrogens is 484 g/mol. The van der Waals surface area contributed by atoms with Crippen LogP contribution in [0.5, 0.6) is 0 Å². The van der Waals surface area contributed by atoms with Gasteiger partial charge in [-0.3, -0.25) is 24.4 Å². The molecule has 12 N–H and O–H groups in total. The van der Waals surface area contributed by atoms with Crippen molar-refractivity contribution < 1.29 is 24.3 Å². The fourth-order valence-electron chi connectivity index (χ4n) is 4.67. The average Bonchev–Trinajstić information content (AvgIpc) is 3.52. The lowest BCUT2D eigenvalue weighted by Crippen LogP contribution is -2.56. The minimum atomic E-state index is -1.18. The van der Waals surface area contributed by atoms with Crippen LogP contribution >= 0.6 is 0 Å². The van der Waals surface area contributed by atoms with Crippen LogP contribution in [0.1, 0.15) is 51.4 Å². The second-order valence-corrected chi connectivity index (χ2v) is 9.28. The molecule has 0 saturated carbocycles. The van der Waals surface area contributed by atoms with Gasteiger partial charge in [-0.2, -0.15) is 0 Å². The molecule has 2 fully saturated rings. The van der Waals surface area contributed by atoms with Gasteiger partial charge in [0.1, 0.15) is 18.1 Å². The Morgan fingerprint density at radius 1 is 0.865 bits per heavy atom. The molecule has 0 aromatic heterocycles. The molecule has 0 bridgehead atoms. The van der Waals surface area contributed by atoms with Crippen LogP contribution in [-0.2, 0) is 19.2 Å². The first-order chi connectivity index (χ1) is 17.5. The van der Waals surface area contributed by atoms with Gasteiger partial charge in [0.05, 0.1) is 6.04 Å². The summed E-state index contributed by atoms with van der Waals surface area (Å²) >= 11 is 0. The highest BCUT2D eigenvalue weighted by atomic mass is 16.4. The Morgan fingerprint density at radius 3 is 1.97 bits per heavy atom. The van der Waals surface area contributed by atoms with Crippen molar-refractivity contribution in [3.63, 3.8) is 0 Å². The first-order valence-corrected chi connectivity index (χ1v) is 12.5. The van der Waals surface area contributed by atoms with Gasteiger partial charge in [-0.1, -0.05) is 0 Å². The number of aliphatic carboxylic acids is 1. The van der Waals surface area contributed by atoms with Crippen molar-refractivity contribution >= 4 is 35.6 Å². The average molecular weight is 525 g/mol. The zero-order chi connectivity index (χ0) is 27.5. The lowest BCUT2D eigenvalue weighted by molar-refractivity contribution is -0.148. The van der Waals surface area contributed by atoms with Gasteiger partial charge in [0.25, 0.3) is 0 Å². The topological polar surface area (TPSA) is 262 Å². The molecule has 2 aliphatic heterocycles. The molecule has 15 heteroatoms. The fourth-order valence-corrected chi connectivity index (χ4v) is 4.67. The number of carbonyl (C=O) groups is 4. The SMILES string of the molecule is NC(N)=NCCCC(N)C(=O)N1CCCC1C(=O)N1CCCC1C(=O)NC(CCCN=C(N)N)C(=O)O. The number of rotatable bonds is 13. The van der Waals surface area contributed by atoms with E-state index in [0.717, 1.165) is 0 Å². The lowest BCUT2D eigenvalue weighted by atomic mass is 10.1. The second kappa shape index (κ2) is 14.2. The molecular formula is C22H40N10O5. The standard InChI is InChI=1S/C22H40N10O5/c23-13(5-1-9-28-21(24)25)18(34)32-12-4-8-16(32)19(35)31-11-3-7-15(31)17(33)30-14(20(36)37)6-2-10-29-22(26)27/h13-16H,1-12,23H2,(H,30,33)(H,36,37)(H4,24,25,28)(H4,26,27,29). The Labute approximate surface area is 215 Å². The maximum Gasteiger partial charge on any atom is 0.326 e. The summed E-state index contributed by atoms with van der Waals surface area (Å²) in [5.74, 6) is -2.50. The molecule has 37 heavy (non-hydrogen) atoms. The predicted molar refractivity (Wildman–Crippen MR) is 137 cm³/mol. The summed E-state index contributed by atoms with van der Waals surface area (Å²) in [6.07, 6.45) is 3.48. The van der Waals surface area contributed by atoms with E-state index < -0.39 is 36.0 Å². The number of carboxylic acid groups (broad SMARTS) is 1. The Bertz CT molecular complexity index is 887. The number of nitrogens with one attached hydrogen (secondary N) is 1. The molecule has 2 rings (SSSR count). The highest BCUT2D eigenvalue weighted by molar-refractivity contribution is 5.94. The number of nitrogens with zero attached hydrogens (tertiary/aromatic N) is 4. The van der Waals surface area contributed by atoms with Gasteiger partial charge in [0.2, 0.25) is 17.7 Å². The van der Waals surface area contributed by atoms with Crippen LogP contribution in [0.2, 0.25) is 0 Å². The summed E-state index contributed by atoms with van der Waals surface area (Å²) in [4.78, 5) is 61.7. The largest absolute Gasteiger partial charge is 0.480 e. The van der Waals surface area contributed by atoms with E-state index in [4.69, 9.17) is 28.7 Å². The van der Waals surface area contributed by atoms with Crippen molar-refractivity contribution in [2.24, 2.45) is 38.7 Å². The fraction of sp³-hybridized carbons (Fsp3) is 0.727. The van der Waals surface area contributed by atoms with Gasteiger partial charge < -0.3 is 48.9 Å². The third-order valence-electron chi connectivity index (χ3n) is 6.50. The van der Waals surface area contributed by atoms with E-state index in [2.05, 4.69) is 15.3 Å². The molecule has 2 saturated heterocycles. The molecule has 2 aliphatic rings. The van der Waals surface area contributed by atoms with E-state index in [-0.39, 0.29) is 36.7 Å². The number of carbonyl (C=O) groups excluding carboxylic acids is 3. The third kappa shape index (κ3) is 8.77. The Balaban J connectivity index is 1.98. The summed E-state index contributed by atoms with van der Waals surface area (Å²) in [6, 6.07) is -3.45. The minimum Gasteiger partial charge on any atom is -0.480 e. The molecule has 4 unspecified atom stereocenters. The number of likely N-dealkylation sites (tertiary alicyclic amines) is 2. The number of hydrogen-bond donors (Lipinski definition) is 7. The van der Waals surface area contributed by atoms with Gasteiger partial charge in [0.15, 0.2) is 11.9 Å². The monoisotopic (exact) mass is 524 g/mol. The maximum absolute atomic E-state index is 13.4. The van der Waals surface area contributed by atoms with Crippen LogP contribution < -0.4 is 34.0 Å². The van der Waals surface area contributed by atoms with Crippen LogP contribution in [-0.4, -0.2) is 101 Å². The van der Waals surface area contributed by atoms with Crippen molar-refractivity contribution in [1.82, 2.24) is 15.1 Å². The van der Waals surface area contributed by atoms with E-state index in [1.165, 1.54) is 9.80 Å². The van der Waals surface area contributed by atoms with Crippen LogP contribution in [0.15, 0.2) is 9.98 Å². The van der Waals surface area contributed by atoms with Crippen molar-refractivity contribution in [3.05, 3.63) is 0 Å². The Morgan fingerprint density at radius 2 is 1.41 bits per heavy atom. The molecule has 0 aliphatic carbocycles. The van der Waals surface area contributed by atoms with Gasteiger partial charge in [0, 0.05) is 26.2 Å². The molecule has 208 valence electrons. The van der Waals surface area contributed by atoms with Gasteiger partial charge in [-0.15, -0.1) is 0 Å². The van der Waals surface area contributed by atoms with Crippen LogP contribution in [0.25, 0.3) is 0 Å². The van der Waals surface area contributed by atoms with E-state index in [9.17, 15) is 24.3 Å². The van der Waals surface area contributed by atoms with Crippen molar-refractivity contribution in [3.8, 4) is 0 Å². The molecule has 0 aromatic carbocycles. The number of nitrogens with two attached hydrogens (primary N) is 5. The van der Waals surface area contributed by atoms with Gasteiger partial charge in [-0.05, 0) is 51.4 Å². The number of aliphatic imine (C=N–C) groups is 2. The van der Waals surface area contributed by atoms with Crippen LogP contribution in [0.3, 0.4) is 0 Å². The Hall–Kier alpha value is -3.62. The van der Waals surface area contributed by atoms with Crippen molar-refractivity contribution in [2.75, 3.05) is 26.2 Å². The predicted octanol–water partition coefficient (Wildman–Crippen LogP) is -3.03. The number of amides is 3. The number of carboxylic acids is 1. The quantitative estimate of drug-likeness (QED) is 0.0727. The maximum atomic E-state index is 13.4. The minimum absolute atomic E-state index is 0.0325.